The Kier molecular flexibility index (Phi) is 7.41. The van der Waals surface area contributed by atoms with E-state index < -0.39 is 17.7 Å². The van der Waals surface area contributed by atoms with Crippen LogP contribution in [0.15, 0.2) is 66.7 Å². The number of aliphatic hydroxyl groups is 1. The normalized spacial score (nSPS) is 15.3. The molecule has 1 aliphatic heterocycles. The van der Waals surface area contributed by atoms with Crippen molar-refractivity contribution in [2.75, 3.05) is 13.2 Å². The summed E-state index contributed by atoms with van der Waals surface area (Å²) in [4.78, 5) is 19.4. The summed E-state index contributed by atoms with van der Waals surface area (Å²) in [6.45, 7) is 7.73. The Morgan fingerprint density at radius 1 is 1.17 bits per heavy atom. The van der Waals surface area contributed by atoms with E-state index in [1.165, 1.54) is 24.3 Å². The van der Waals surface area contributed by atoms with Gasteiger partial charge in [0.1, 0.15) is 35.4 Å². The van der Waals surface area contributed by atoms with Crippen LogP contribution >= 0.6 is 11.3 Å². The van der Waals surface area contributed by atoms with Gasteiger partial charge in [-0.1, -0.05) is 12.6 Å². The fourth-order valence-corrected chi connectivity index (χ4v) is 7.03. The molecule has 1 aliphatic rings. The molecule has 0 fully saturated rings. The molecule has 2 aromatic carbocycles. The first-order chi connectivity index (χ1) is 22.1. The predicted octanol–water partition coefficient (Wildman–Crippen LogP) is 6.51. The lowest BCUT2D eigenvalue weighted by Gasteiger charge is -2.31. The summed E-state index contributed by atoms with van der Waals surface area (Å²) in [6, 6.07) is 11.5. The fraction of sp³-hybridized carbons (Fsp3) is 0.235. The number of aliphatic hydroxyl groups excluding tert-OH is 1. The number of benzene rings is 2. The van der Waals surface area contributed by atoms with Crippen molar-refractivity contribution in [3.8, 4) is 39.5 Å². The van der Waals surface area contributed by atoms with E-state index in [9.17, 15) is 14.3 Å². The van der Waals surface area contributed by atoms with Gasteiger partial charge in [-0.2, -0.15) is 10.2 Å². The molecule has 1 N–H and O–H groups in total. The van der Waals surface area contributed by atoms with Crippen LogP contribution in [0.5, 0.6) is 5.75 Å². The molecular weight excluding hydrogens is 610 g/mol. The number of carbonyl (C=O) groups is 1. The molecule has 5 heterocycles. The van der Waals surface area contributed by atoms with Crippen molar-refractivity contribution in [1.82, 2.24) is 29.4 Å². The monoisotopic (exact) mass is 640 g/mol. The fourth-order valence-electron chi connectivity index (χ4n) is 6.08. The molecule has 0 aliphatic carbocycles. The molecule has 2 unspecified atom stereocenters. The molecular formula is C34H30F2N6O3S. The summed E-state index contributed by atoms with van der Waals surface area (Å²) >= 11 is 1.40. The molecule has 0 radical (unpaired) electrons. The van der Waals surface area contributed by atoms with E-state index in [1.807, 2.05) is 60.6 Å². The summed E-state index contributed by atoms with van der Waals surface area (Å²) in [7, 11) is 1.86. The number of aromatic nitrogens is 5. The van der Waals surface area contributed by atoms with Crippen LogP contribution in [0.4, 0.5) is 8.78 Å². The number of nitrogens with zero attached hydrogens (tertiary/aromatic N) is 6. The highest BCUT2D eigenvalue weighted by atomic mass is 32.1. The first-order valence-electron chi connectivity index (χ1n) is 14.8. The first-order valence-corrected chi connectivity index (χ1v) is 15.6. The average Bonchev–Trinajstić information content (AvgIpc) is 3.76. The third kappa shape index (κ3) is 5.13. The number of hydrogen-bond acceptors (Lipinski definition) is 7. The van der Waals surface area contributed by atoms with Crippen molar-refractivity contribution in [3.63, 3.8) is 0 Å². The Bertz CT molecular complexity index is 2170. The summed E-state index contributed by atoms with van der Waals surface area (Å²) in [5, 5.41) is 23.0. The maximum Gasteiger partial charge on any atom is 0.246 e. The average molecular weight is 641 g/mol. The van der Waals surface area contributed by atoms with Gasteiger partial charge in [0.05, 0.1) is 41.2 Å². The van der Waals surface area contributed by atoms with Crippen LogP contribution in [0.1, 0.15) is 25.6 Å². The topological polar surface area (TPSA) is 98.3 Å². The minimum atomic E-state index is -0.870. The largest absolute Gasteiger partial charge is 0.490 e. The van der Waals surface area contributed by atoms with Crippen molar-refractivity contribution in [2.45, 2.75) is 32.5 Å². The molecule has 234 valence electrons. The number of aryl methyl sites for hydroxylation is 1. The highest BCUT2D eigenvalue weighted by Crippen LogP contribution is 2.47. The van der Waals surface area contributed by atoms with E-state index in [2.05, 4.69) is 11.7 Å². The molecule has 0 bridgehead atoms. The van der Waals surface area contributed by atoms with Gasteiger partial charge >= 0.3 is 0 Å². The van der Waals surface area contributed by atoms with Crippen LogP contribution in [0.3, 0.4) is 0 Å². The van der Waals surface area contributed by atoms with E-state index in [-0.39, 0.29) is 29.9 Å². The second-order valence-corrected chi connectivity index (χ2v) is 12.5. The minimum Gasteiger partial charge on any atom is -0.490 e. The number of fused-ring (bicyclic) bond motifs is 3. The first kappa shape index (κ1) is 29.8. The Hall–Kier alpha value is -4.94. The zero-order chi connectivity index (χ0) is 32.3. The molecule has 0 spiro atoms. The van der Waals surface area contributed by atoms with Crippen molar-refractivity contribution >= 4 is 38.2 Å². The number of thiophene rings is 1. The van der Waals surface area contributed by atoms with Crippen LogP contribution < -0.4 is 4.74 Å². The Morgan fingerprint density at radius 2 is 2.00 bits per heavy atom. The van der Waals surface area contributed by atoms with Crippen molar-refractivity contribution in [3.05, 3.63) is 84.0 Å². The Balaban J connectivity index is 1.51. The Morgan fingerprint density at radius 3 is 2.78 bits per heavy atom. The third-order valence-corrected chi connectivity index (χ3v) is 8.98. The van der Waals surface area contributed by atoms with Crippen molar-refractivity contribution in [2.24, 2.45) is 7.05 Å². The molecule has 1 amide bonds. The van der Waals surface area contributed by atoms with Crippen molar-refractivity contribution in [1.29, 1.82) is 0 Å². The molecule has 6 aromatic rings. The van der Waals surface area contributed by atoms with Gasteiger partial charge in [0, 0.05) is 58.5 Å². The number of halogens is 2. The summed E-state index contributed by atoms with van der Waals surface area (Å²) in [6.07, 6.45) is 2.35. The molecule has 7 rings (SSSR count). The molecule has 9 nitrogen and oxygen atoms in total. The van der Waals surface area contributed by atoms with E-state index in [0.29, 0.717) is 40.4 Å². The van der Waals surface area contributed by atoms with Gasteiger partial charge in [0.2, 0.25) is 5.91 Å². The molecule has 4 aromatic heterocycles. The van der Waals surface area contributed by atoms with Crippen LogP contribution in [-0.2, 0) is 18.4 Å². The summed E-state index contributed by atoms with van der Waals surface area (Å²) in [5.74, 6) is -1.87. The molecule has 46 heavy (non-hydrogen) atoms. The smallest absolute Gasteiger partial charge is 0.246 e. The second-order valence-electron chi connectivity index (χ2n) is 11.6. The van der Waals surface area contributed by atoms with Gasteiger partial charge in [0.15, 0.2) is 0 Å². The van der Waals surface area contributed by atoms with Gasteiger partial charge in [-0.15, -0.1) is 11.3 Å². The lowest BCUT2D eigenvalue weighted by atomic mass is 9.96. The highest BCUT2D eigenvalue weighted by molar-refractivity contribution is 7.18. The highest BCUT2D eigenvalue weighted by Gasteiger charge is 2.30. The third-order valence-electron chi connectivity index (χ3n) is 8.05. The molecule has 0 saturated heterocycles. The second kappa shape index (κ2) is 11.5. The lowest BCUT2D eigenvalue weighted by Crippen LogP contribution is -2.39. The summed E-state index contributed by atoms with van der Waals surface area (Å²) in [5.41, 5.74) is 4.39. The van der Waals surface area contributed by atoms with Gasteiger partial charge in [-0.05, 0) is 49.6 Å². The van der Waals surface area contributed by atoms with Crippen LogP contribution in [0.25, 0.3) is 54.8 Å². The minimum absolute atomic E-state index is 0.0220. The SMILES string of the molecule is C=CC(=O)N1Cc2cc(-c3nc(-c4ccc5nn(C)cc5c4)c4ccsc4c3-c3c(F)cc(F)cc3OCC(C)O)nn2C(C)C1. The van der Waals surface area contributed by atoms with Gasteiger partial charge in [-0.3, -0.25) is 14.2 Å². The van der Waals surface area contributed by atoms with Gasteiger partial charge < -0.3 is 14.7 Å². The van der Waals surface area contributed by atoms with E-state index in [1.54, 1.807) is 9.58 Å². The van der Waals surface area contributed by atoms with Gasteiger partial charge in [-0.25, -0.2) is 13.8 Å². The van der Waals surface area contributed by atoms with E-state index in [4.69, 9.17) is 14.8 Å². The van der Waals surface area contributed by atoms with E-state index >= 15 is 4.39 Å². The lowest BCUT2D eigenvalue weighted by molar-refractivity contribution is -0.127. The Labute approximate surface area is 267 Å². The number of carbonyl (C=O) groups excluding carboxylic acids is 1. The van der Waals surface area contributed by atoms with Crippen molar-refractivity contribution < 1.29 is 23.4 Å². The number of ether oxygens (including phenoxy) is 1. The maximum atomic E-state index is 16.0. The van der Waals surface area contributed by atoms with Crippen LogP contribution in [0.2, 0.25) is 0 Å². The maximum absolute atomic E-state index is 16.0. The molecule has 2 atom stereocenters. The zero-order valence-corrected chi connectivity index (χ0v) is 26.2. The standard InChI is InChI=1S/C34H30F2N6O3S/c1-5-29(44)41-14-18(2)42-23(16-41)13-27(39-42)33-31(30-25(36)11-22(35)12-28(30)45-17-19(3)43)34-24(8-9-46-34)32(37-33)20-6-7-26-21(10-20)15-40(4)38-26/h5-13,15,18-19,43H,1,14,16-17H2,2-4H3. The molecule has 0 saturated carbocycles. The quantitative estimate of drug-likeness (QED) is 0.200. The molecule has 12 heteroatoms. The summed E-state index contributed by atoms with van der Waals surface area (Å²) < 4.78 is 40.8. The number of hydrogen-bond donors (Lipinski definition) is 1. The zero-order valence-electron chi connectivity index (χ0n) is 25.4. The number of rotatable bonds is 7. The van der Waals surface area contributed by atoms with Gasteiger partial charge in [0.25, 0.3) is 0 Å². The van der Waals surface area contributed by atoms with E-state index in [0.717, 1.165) is 39.7 Å². The predicted molar refractivity (Wildman–Crippen MR) is 173 cm³/mol. The van der Waals surface area contributed by atoms with Crippen LogP contribution in [-0.4, -0.2) is 59.7 Å². The van der Waals surface area contributed by atoms with Crippen LogP contribution in [0, 0.1) is 11.6 Å². The number of pyridine rings is 1. The number of amides is 1.